The first kappa shape index (κ1) is 33.8. The number of aromatic nitrogens is 1. The zero-order valence-corrected chi connectivity index (χ0v) is 28.6. The summed E-state index contributed by atoms with van der Waals surface area (Å²) in [6.07, 6.45) is -1.78. The molecule has 1 aromatic heterocycles. The van der Waals surface area contributed by atoms with E-state index in [0.29, 0.717) is 6.54 Å². The predicted octanol–water partition coefficient (Wildman–Crippen LogP) is 7.61. The van der Waals surface area contributed by atoms with Crippen molar-refractivity contribution < 1.29 is 28.9 Å². The molecule has 2 heterocycles. The summed E-state index contributed by atoms with van der Waals surface area (Å²) in [5.74, 6) is -0.0670. The maximum atomic E-state index is 12.5. The minimum absolute atomic E-state index is 0.0101. The Kier molecular flexibility index (Phi) is 10.9. The molecule has 5 atom stereocenters. The number of carbonyl (C=O) groups is 2. The summed E-state index contributed by atoms with van der Waals surface area (Å²) in [4.78, 5) is 28.5. The van der Waals surface area contributed by atoms with E-state index in [9.17, 15) is 14.7 Å². The zero-order chi connectivity index (χ0) is 33.6. The van der Waals surface area contributed by atoms with Crippen molar-refractivity contribution in [2.75, 3.05) is 5.75 Å². The van der Waals surface area contributed by atoms with E-state index in [4.69, 9.17) is 19.2 Å². The van der Waals surface area contributed by atoms with Crippen LogP contribution in [-0.2, 0) is 37.0 Å². The first-order chi connectivity index (χ1) is 23.3. The number of thiazole rings is 1. The molecule has 48 heavy (non-hydrogen) atoms. The SMILES string of the molecule is CC(=O)O[C@@H](C)C(=O)NCc1ccccc1-c1ccc([C@@H]2O[C@H](CSc3nc4ccccc4s3)[C@H](C)[C@H](c3ccc(CO)cc3)O2)cc1. The van der Waals surface area contributed by atoms with Crippen LogP contribution in [0.2, 0.25) is 0 Å². The van der Waals surface area contributed by atoms with Crippen LogP contribution < -0.4 is 5.32 Å². The summed E-state index contributed by atoms with van der Waals surface area (Å²) in [6, 6.07) is 32.1. The van der Waals surface area contributed by atoms with E-state index in [1.165, 1.54) is 11.6 Å². The first-order valence-electron chi connectivity index (χ1n) is 15.9. The van der Waals surface area contributed by atoms with E-state index < -0.39 is 18.4 Å². The quantitative estimate of drug-likeness (QED) is 0.108. The van der Waals surface area contributed by atoms with Gasteiger partial charge in [-0.05, 0) is 46.9 Å². The number of hydrogen-bond donors (Lipinski definition) is 2. The zero-order valence-electron chi connectivity index (χ0n) is 27.0. The van der Waals surface area contributed by atoms with Crippen molar-refractivity contribution in [1.82, 2.24) is 10.3 Å². The fourth-order valence-electron chi connectivity index (χ4n) is 5.78. The number of aliphatic hydroxyl groups excluding tert-OH is 1. The van der Waals surface area contributed by atoms with E-state index in [2.05, 4.69) is 18.3 Å². The molecule has 1 saturated heterocycles. The second kappa shape index (κ2) is 15.4. The molecular formula is C38H38N2O6S2. The van der Waals surface area contributed by atoms with Gasteiger partial charge in [0.15, 0.2) is 16.7 Å². The molecular weight excluding hydrogens is 645 g/mol. The number of benzene rings is 4. The van der Waals surface area contributed by atoms with Crippen LogP contribution in [0.1, 0.15) is 55.4 Å². The smallest absolute Gasteiger partial charge is 0.303 e. The Labute approximate surface area is 288 Å². The standard InChI is InChI=1S/C38H38N2O6S2/c1-23-33(22-47-38-40-32-10-6-7-11-34(32)48-38)45-37(46-35(23)28-14-12-26(21-41)13-15-28)29-18-16-27(17-19-29)31-9-5-4-8-30(31)20-39-36(43)24(2)44-25(3)42/h4-19,23-24,33,35,37,41H,20-22H2,1-3H3,(H,39,43)/t23-,24-,33+,35+,37+/m0/s1. The molecule has 1 aliphatic heterocycles. The number of nitrogens with zero attached hydrogens (tertiary/aromatic N) is 1. The lowest BCUT2D eigenvalue weighted by atomic mass is 9.91. The first-order valence-corrected chi connectivity index (χ1v) is 17.7. The third-order valence-electron chi connectivity index (χ3n) is 8.44. The Morgan fingerprint density at radius 2 is 1.67 bits per heavy atom. The van der Waals surface area contributed by atoms with Gasteiger partial charge in [0, 0.05) is 30.7 Å². The number of fused-ring (bicyclic) bond motifs is 1. The summed E-state index contributed by atoms with van der Waals surface area (Å²) in [6.45, 7) is 5.28. The highest BCUT2D eigenvalue weighted by atomic mass is 32.2. The molecule has 0 bridgehead atoms. The Morgan fingerprint density at radius 1 is 0.958 bits per heavy atom. The van der Waals surface area contributed by atoms with Gasteiger partial charge in [0.1, 0.15) is 0 Å². The summed E-state index contributed by atoms with van der Waals surface area (Å²) < 4.78 is 20.5. The van der Waals surface area contributed by atoms with Gasteiger partial charge < -0.3 is 24.6 Å². The Hall–Kier alpha value is -4.06. The van der Waals surface area contributed by atoms with Gasteiger partial charge in [-0.3, -0.25) is 9.59 Å². The molecule has 0 radical (unpaired) electrons. The molecule has 5 aromatic rings. The molecule has 8 nitrogen and oxygen atoms in total. The molecule has 4 aromatic carbocycles. The normalized spacial score (nSPS) is 19.9. The maximum absolute atomic E-state index is 12.5. The second-order valence-electron chi connectivity index (χ2n) is 11.8. The van der Waals surface area contributed by atoms with Gasteiger partial charge in [0.2, 0.25) is 0 Å². The largest absolute Gasteiger partial charge is 0.453 e. The number of carbonyl (C=O) groups excluding carboxylic acids is 2. The van der Waals surface area contributed by atoms with Crippen molar-refractivity contribution in [3.05, 3.63) is 119 Å². The number of rotatable bonds is 11. The van der Waals surface area contributed by atoms with Crippen molar-refractivity contribution in [1.29, 1.82) is 0 Å². The molecule has 1 amide bonds. The van der Waals surface area contributed by atoms with Crippen LogP contribution in [0.3, 0.4) is 0 Å². The molecule has 0 spiro atoms. The summed E-state index contributed by atoms with van der Waals surface area (Å²) in [7, 11) is 0. The molecule has 248 valence electrons. The lowest BCUT2D eigenvalue weighted by Gasteiger charge is -2.41. The van der Waals surface area contributed by atoms with E-state index >= 15 is 0 Å². The molecule has 0 saturated carbocycles. The van der Waals surface area contributed by atoms with Crippen molar-refractivity contribution in [2.45, 2.75) is 62.9 Å². The van der Waals surface area contributed by atoms with Gasteiger partial charge in [-0.25, -0.2) is 4.98 Å². The van der Waals surface area contributed by atoms with Crippen LogP contribution in [-0.4, -0.2) is 39.9 Å². The van der Waals surface area contributed by atoms with Gasteiger partial charge in [-0.2, -0.15) is 0 Å². The van der Waals surface area contributed by atoms with Gasteiger partial charge in [-0.1, -0.05) is 104 Å². The minimum atomic E-state index is -0.868. The third-order valence-corrected chi connectivity index (χ3v) is 10.7. The Bertz CT molecular complexity index is 1830. The summed E-state index contributed by atoms with van der Waals surface area (Å²) >= 11 is 3.40. The second-order valence-corrected chi connectivity index (χ2v) is 14.1. The number of thioether (sulfide) groups is 1. The fraction of sp³-hybridized carbons (Fsp3) is 0.289. The van der Waals surface area contributed by atoms with Crippen molar-refractivity contribution in [2.24, 2.45) is 5.92 Å². The third kappa shape index (κ3) is 7.97. The highest BCUT2D eigenvalue weighted by Gasteiger charge is 2.38. The Balaban J connectivity index is 1.20. The summed E-state index contributed by atoms with van der Waals surface area (Å²) in [5.41, 5.74) is 6.71. The molecule has 1 fully saturated rings. The van der Waals surface area contributed by atoms with Crippen LogP contribution in [0, 0.1) is 5.92 Å². The van der Waals surface area contributed by atoms with Crippen molar-refractivity contribution >= 4 is 45.2 Å². The maximum Gasteiger partial charge on any atom is 0.303 e. The van der Waals surface area contributed by atoms with Gasteiger partial charge in [0.05, 0.1) is 29.0 Å². The number of aliphatic hydroxyl groups is 1. The monoisotopic (exact) mass is 682 g/mol. The Morgan fingerprint density at radius 3 is 2.40 bits per heavy atom. The average Bonchev–Trinajstić information content (AvgIpc) is 3.53. The number of amides is 1. The van der Waals surface area contributed by atoms with Gasteiger partial charge in [-0.15, -0.1) is 11.3 Å². The molecule has 0 unspecified atom stereocenters. The van der Waals surface area contributed by atoms with Crippen LogP contribution in [0.15, 0.2) is 101 Å². The topological polar surface area (TPSA) is 107 Å². The lowest BCUT2D eigenvalue weighted by molar-refractivity contribution is -0.268. The molecule has 1 aliphatic rings. The molecule has 0 aliphatic carbocycles. The lowest BCUT2D eigenvalue weighted by Crippen LogP contribution is -2.38. The van der Waals surface area contributed by atoms with Crippen LogP contribution in [0.25, 0.3) is 21.3 Å². The van der Waals surface area contributed by atoms with Crippen LogP contribution >= 0.6 is 23.1 Å². The summed E-state index contributed by atoms with van der Waals surface area (Å²) in [5, 5.41) is 12.5. The number of para-hydroxylation sites is 1. The van der Waals surface area contributed by atoms with E-state index in [1.54, 1.807) is 30.0 Å². The van der Waals surface area contributed by atoms with Gasteiger partial charge >= 0.3 is 5.97 Å². The number of esters is 1. The number of nitrogens with one attached hydrogen (secondary N) is 1. The minimum Gasteiger partial charge on any atom is -0.453 e. The molecule has 10 heteroatoms. The van der Waals surface area contributed by atoms with Crippen LogP contribution in [0.5, 0.6) is 0 Å². The van der Waals surface area contributed by atoms with E-state index in [0.717, 1.165) is 49.0 Å². The number of hydrogen-bond acceptors (Lipinski definition) is 9. The number of ether oxygens (including phenoxy) is 3. The highest BCUT2D eigenvalue weighted by molar-refractivity contribution is 8.01. The van der Waals surface area contributed by atoms with Crippen molar-refractivity contribution in [3.63, 3.8) is 0 Å². The highest BCUT2D eigenvalue weighted by Crippen LogP contribution is 2.44. The predicted molar refractivity (Wildman–Crippen MR) is 188 cm³/mol. The molecule has 2 N–H and O–H groups in total. The van der Waals surface area contributed by atoms with E-state index in [-0.39, 0.29) is 30.6 Å². The van der Waals surface area contributed by atoms with Crippen molar-refractivity contribution in [3.8, 4) is 11.1 Å². The average molecular weight is 683 g/mol. The van der Waals surface area contributed by atoms with Crippen LogP contribution in [0.4, 0.5) is 0 Å². The van der Waals surface area contributed by atoms with Gasteiger partial charge in [0.25, 0.3) is 5.91 Å². The van der Waals surface area contributed by atoms with E-state index in [1.807, 2.05) is 91.0 Å². The molecule has 6 rings (SSSR count). The fourth-order valence-corrected chi connectivity index (χ4v) is 8.04.